The molecule has 0 spiro atoms. The highest BCUT2D eigenvalue weighted by atomic mass is 16.3. The zero-order valence-electron chi connectivity index (χ0n) is 23.4. The first kappa shape index (κ1) is 23.6. The summed E-state index contributed by atoms with van der Waals surface area (Å²) in [6.07, 6.45) is 20.6. The van der Waals surface area contributed by atoms with E-state index >= 15 is 0 Å². The Hall–Kier alpha value is -4.24. The van der Waals surface area contributed by atoms with Gasteiger partial charge in [0.15, 0.2) is 0 Å². The number of benzene rings is 3. The molecule has 3 aromatic carbocycles. The van der Waals surface area contributed by atoms with Crippen molar-refractivity contribution in [1.29, 1.82) is 0 Å². The highest BCUT2D eigenvalue weighted by Gasteiger charge is 2.43. The largest absolute Gasteiger partial charge is 0.456 e. The van der Waals surface area contributed by atoms with E-state index in [-0.39, 0.29) is 11.6 Å². The summed E-state index contributed by atoms with van der Waals surface area (Å²) in [4.78, 5) is 5.09. The first-order valence-electron chi connectivity index (χ1n) is 14.6. The molecule has 0 amide bonds. The Balaban J connectivity index is 1.40. The van der Waals surface area contributed by atoms with Gasteiger partial charge in [0.1, 0.15) is 17.3 Å². The van der Waals surface area contributed by atoms with E-state index in [1.54, 1.807) is 0 Å². The number of furan rings is 1. The number of para-hydroxylation sites is 1. The molecule has 0 saturated carbocycles. The van der Waals surface area contributed by atoms with Crippen LogP contribution in [0.15, 0.2) is 107 Å². The molecular formula is C37H34N2O. The predicted octanol–water partition coefficient (Wildman–Crippen LogP) is 9.98. The van der Waals surface area contributed by atoms with Crippen molar-refractivity contribution in [1.82, 2.24) is 4.90 Å². The van der Waals surface area contributed by atoms with Gasteiger partial charge in [-0.3, -0.25) is 0 Å². The molecule has 3 heteroatoms. The first-order chi connectivity index (χ1) is 19.5. The summed E-state index contributed by atoms with van der Waals surface area (Å²) in [6, 6.07) is 20.1. The van der Waals surface area contributed by atoms with Crippen molar-refractivity contribution in [2.75, 3.05) is 4.90 Å². The van der Waals surface area contributed by atoms with Gasteiger partial charge in [0.25, 0.3) is 0 Å². The van der Waals surface area contributed by atoms with Crippen molar-refractivity contribution in [2.24, 2.45) is 0 Å². The zero-order valence-corrected chi connectivity index (χ0v) is 23.4. The molecule has 1 unspecified atom stereocenters. The number of nitrogens with zero attached hydrogens (tertiary/aromatic N) is 2. The third-order valence-electron chi connectivity index (χ3n) is 8.92. The second-order valence-electron chi connectivity index (χ2n) is 12.4. The lowest BCUT2D eigenvalue weighted by atomic mass is 9.84. The number of anilines is 1. The van der Waals surface area contributed by atoms with Gasteiger partial charge in [-0.05, 0) is 84.2 Å². The number of hydrogen-bond donors (Lipinski definition) is 0. The molecule has 4 aromatic rings. The lowest BCUT2D eigenvalue weighted by Gasteiger charge is -2.37. The molecule has 1 atom stereocenters. The molecule has 40 heavy (non-hydrogen) atoms. The van der Waals surface area contributed by atoms with E-state index in [0.29, 0.717) is 0 Å². The number of hydrogen-bond acceptors (Lipinski definition) is 3. The van der Waals surface area contributed by atoms with E-state index in [2.05, 4.69) is 128 Å². The maximum absolute atomic E-state index is 6.66. The van der Waals surface area contributed by atoms with Gasteiger partial charge in [0, 0.05) is 33.8 Å². The van der Waals surface area contributed by atoms with Crippen molar-refractivity contribution in [3.05, 3.63) is 125 Å². The lowest BCUT2D eigenvalue weighted by Crippen LogP contribution is -2.33. The number of fused-ring (bicyclic) bond motifs is 8. The Morgan fingerprint density at radius 3 is 2.58 bits per heavy atom. The molecule has 4 aliphatic rings. The van der Waals surface area contributed by atoms with Crippen LogP contribution in [0.4, 0.5) is 5.69 Å². The fourth-order valence-electron chi connectivity index (χ4n) is 6.88. The molecule has 2 aliphatic carbocycles. The maximum Gasteiger partial charge on any atom is 0.143 e. The monoisotopic (exact) mass is 522 g/mol. The van der Waals surface area contributed by atoms with Crippen LogP contribution in [-0.2, 0) is 5.41 Å². The van der Waals surface area contributed by atoms with E-state index in [0.717, 1.165) is 36.8 Å². The van der Waals surface area contributed by atoms with E-state index in [1.165, 1.54) is 55.7 Å². The maximum atomic E-state index is 6.66. The van der Waals surface area contributed by atoms with E-state index in [1.807, 2.05) is 0 Å². The first-order valence-corrected chi connectivity index (χ1v) is 14.6. The summed E-state index contributed by atoms with van der Waals surface area (Å²) in [5, 5.41) is 2.36. The van der Waals surface area contributed by atoms with Crippen LogP contribution in [0.1, 0.15) is 74.9 Å². The normalized spacial score (nSPS) is 19.9. The summed E-state index contributed by atoms with van der Waals surface area (Å²) >= 11 is 0. The molecule has 0 saturated heterocycles. The van der Waals surface area contributed by atoms with Crippen LogP contribution in [0.5, 0.6) is 0 Å². The van der Waals surface area contributed by atoms with Crippen molar-refractivity contribution in [3.63, 3.8) is 0 Å². The van der Waals surface area contributed by atoms with Gasteiger partial charge in [0.05, 0.1) is 11.4 Å². The topological polar surface area (TPSA) is 19.6 Å². The molecular weight excluding hydrogens is 488 g/mol. The average Bonchev–Trinajstić information content (AvgIpc) is 3.53. The Morgan fingerprint density at radius 1 is 0.850 bits per heavy atom. The van der Waals surface area contributed by atoms with Crippen molar-refractivity contribution < 1.29 is 4.42 Å². The van der Waals surface area contributed by atoms with Crippen molar-refractivity contribution in [2.45, 2.75) is 58.0 Å². The summed E-state index contributed by atoms with van der Waals surface area (Å²) in [6.45, 7) is 6.92. The Morgan fingerprint density at radius 2 is 1.73 bits per heavy atom. The molecule has 198 valence electrons. The van der Waals surface area contributed by atoms with Crippen LogP contribution in [0, 0.1) is 0 Å². The lowest BCUT2D eigenvalue weighted by molar-refractivity contribution is 0.367. The standard InChI is InChI=1S/C37H34N2O/c1-37(2,3)26-18-20-30(29(23-26)24-11-5-4-6-12-24)39-32-15-9-8-14-31(32)38-22-21-25-17-19-28-27-13-7-10-16-33(27)40-35(28)34(25)36(38)39/h5,7,9-13,15-23,36H,4,6,8,14H2,1-3H3. The third kappa shape index (κ3) is 3.43. The fourth-order valence-corrected chi connectivity index (χ4v) is 6.88. The van der Waals surface area contributed by atoms with Crippen LogP contribution in [-0.4, -0.2) is 4.90 Å². The van der Waals surface area contributed by atoms with Crippen LogP contribution >= 0.6 is 0 Å². The minimum absolute atomic E-state index is 0.00980. The molecule has 3 heterocycles. The molecule has 0 N–H and O–H groups in total. The number of rotatable bonds is 2. The summed E-state index contributed by atoms with van der Waals surface area (Å²) in [7, 11) is 0. The third-order valence-corrected chi connectivity index (χ3v) is 8.92. The number of allylic oxidation sites excluding steroid dienone is 7. The molecule has 0 fully saturated rings. The minimum atomic E-state index is -0.00980. The van der Waals surface area contributed by atoms with Gasteiger partial charge in [0.2, 0.25) is 0 Å². The predicted molar refractivity (Wildman–Crippen MR) is 167 cm³/mol. The second kappa shape index (κ2) is 8.63. The van der Waals surface area contributed by atoms with Gasteiger partial charge in [-0.2, -0.15) is 0 Å². The van der Waals surface area contributed by atoms with E-state index in [4.69, 9.17) is 4.42 Å². The van der Waals surface area contributed by atoms with Gasteiger partial charge in [-0.15, -0.1) is 0 Å². The molecule has 8 rings (SSSR count). The zero-order chi connectivity index (χ0) is 27.0. The molecule has 0 radical (unpaired) electrons. The van der Waals surface area contributed by atoms with Crippen LogP contribution < -0.4 is 4.90 Å². The Kier molecular flexibility index (Phi) is 5.10. The summed E-state index contributed by atoms with van der Waals surface area (Å²) in [5.41, 5.74) is 12.4. The molecule has 3 nitrogen and oxygen atoms in total. The van der Waals surface area contributed by atoms with Crippen LogP contribution in [0.25, 0.3) is 33.6 Å². The Labute approximate surface area is 236 Å². The minimum Gasteiger partial charge on any atom is -0.456 e. The van der Waals surface area contributed by atoms with Crippen LogP contribution in [0.3, 0.4) is 0 Å². The quantitative estimate of drug-likeness (QED) is 0.261. The van der Waals surface area contributed by atoms with Crippen molar-refractivity contribution in [3.8, 4) is 0 Å². The van der Waals surface area contributed by atoms with Gasteiger partial charge in [-0.1, -0.05) is 75.4 Å². The smallest absolute Gasteiger partial charge is 0.143 e. The summed E-state index contributed by atoms with van der Waals surface area (Å²) < 4.78 is 6.66. The van der Waals surface area contributed by atoms with Crippen molar-refractivity contribution >= 4 is 39.3 Å². The molecule has 1 aromatic heterocycles. The van der Waals surface area contributed by atoms with E-state index < -0.39 is 0 Å². The summed E-state index contributed by atoms with van der Waals surface area (Å²) in [5.74, 6) is 0. The highest BCUT2D eigenvalue weighted by Crippen LogP contribution is 2.53. The van der Waals surface area contributed by atoms with Crippen LogP contribution in [0.2, 0.25) is 0 Å². The Bertz CT molecular complexity index is 1850. The van der Waals surface area contributed by atoms with E-state index in [9.17, 15) is 0 Å². The van der Waals surface area contributed by atoms with Gasteiger partial charge in [-0.25, -0.2) is 0 Å². The fraction of sp³-hybridized carbons (Fsp3) is 0.243. The van der Waals surface area contributed by atoms with Gasteiger partial charge >= 0.3 is 0 Å². The van der Waals surface area contributed by atoms with Gasteiger partial charge < -0.3 is 14.2 Å². The highest BCUT2D eigenvalue weighted by molar-refractivity contribution is 6.07. The molecule has 0 bridgehead atoms. The average molecular weight is 523 g/mol. The molecule has 2 aliphatic heterocycles. The second-order valence-corrected chi connectivity index (χ2v) is 12.4. The SMILES string of the molecule is CC(C)(C)c1ccc(N2C3=C(CCC=C3)N3C=Cc4ccc5c(oc6ccccc65)c4C32)c(C2=CCCC=C2)c1.